The van der Waals surface area contributed by atoms with Gasteiger partial charge in [0.15, 0.2) is 5.82 Å². The highest BCUT2D eigenvalue weighted by molar-refractivity contribution is 7.09. The molecular weight excluding hydrogens is 234 g/mol. The number of aromatic nitrogens is 2. The summed E-state index contributed by atoms with van der Waals surface area (Å²) in [5.74, 6) is 1.61. The van der Waals surface area contributed by atoms with E-state index in [2.05, 4.69) is 30.1 Å². The molecule has 2 aromatic rings. The second-order valence-corrected chi connectivity index (χ2v) is 5.25. The van der Waals surface area contributed by atoms with Gasteiger partial charge in [-0.15, -0.1) is 11.3 Å². The normalized spacial score (nSPS) is 14.8. The molecule has 17 heavy (non-hydrogen) atoms. The fraction of sp³-hybridized carbons (Fsp3) is 0.500. The van der Waals surface area contributed by atoms with Gasteiger partial charge in [0.1, 0.15) is 0 Å². The Morgan fingerprint density at radius 3 is 3.00 bits per heavy atom. The quantitative estimate of drug-likeness (QED) is 0.887. The lowest BCUT2D eigenvalue weighted by Gasteiger charge is -2.12. The van der Waals surface area contributed by atoms with Gasteiger partial charge in [0.05, 0.1) is 6.04 Å². The number of hydrogen-bond acceptors (Lipinski definition) is 5. The van der Waals surface area contributed by atoms with E-state index in [-0.39, 0.29) is 6.04 Å². The monoisotopic (exact) mass is 251 g/mol. The molecule has 2 rings (SSSR count). The molecule has 0 radical (unpaired) electrons. The average Bonchev–Trinajstić information content (AvgIpc) is 2.99. The lowest BCUT2D eigenvalue weighted by atomic mass is 10.0. The van der Waals surface area contributed by atoms with E-state index >= 15 is 0 Å². The predicted molar refractivity (Wildman–Crippen MR) is 67.8 cm³/mol. The Morgan fingerprint density at radius 2 is 2.35 bits per heavy atom. The van der Waals surface area contributed by atoms with Crippen LogP contribution in [-0.2, 0) is 6.42 Å². The van der Waals surface area contributed by atoms with Crippen LogP contribution in [-0.4, -0.2) is 10.1 Å². The Kier molecular flexibility index (Phi) is 3.91. The molecule has 5 heteroatoms. The number of hydrogen-bond donors (Lipinski definition) is 1. The fourth-order valence-corrected chi connectivity index (χ4v) is 2.24. The molecule has 2 N–H and O–H groups in total. The van der Waals surface area contributed by atoms with E-state index in [4.69, 9.17) is 10.3 Å². The van der Waals surface area contributed by atoms with E-state index in [1.54, 1.807) is 11.3 Å². The molecule has 0 spiro atoms. The Labute approximate surface area is 105 Å². The minimum atomic E-state index is -0.162. The van der Waals surface area contributed by atoms with Crippen molar-refractivity contribution in [3.05, 3.63) is 34.1 Å². The second-order valence-electron chi connectivity index (χ2n) is 4.22. The zero-order valence-corrected chi connectivity index (χ0v) is 10.9. The van der Waals surface area contributed by atoms with Crippen LogP contribution in [0.3, 0.4) is 0 Å². The van der Waals surface area contributed by atoms with Crippen molar-refractivity contribution in [2.75, 3.05) is 0 Å². The van der Waals surface area contributed by atoms with Gasteiger partial charge in [0.25, 0.3) is 0 Å². The van der Waals surface area contributed by atoms with Crippen molar-refractivity contribution in [1.82, 2.24) is 10.1 Å². The van der Waals surface area contributed by atoms with Gasteiger partial charge in [-0.25, -0.2) is 0 Å². The van der Waals surface area contributed by atoms with E-state index in [9.17, 15) is 0 Å². The van der Waals surface area contributed by atoms with Gasteiger partial charge in [0, 0.05) is 11.3 Å². The van der Waals surface area contributed by atoms with Crippen LogP contribution in [0.2, 0.25) is 0 Å². The summed E-state index contributed by atoms with van der Waals surface area (Å²) in [5, 5.41) is 6.01. The molecule has 0 aliphatic carbocycles. The van der Waals surface area contributed by atoms with Crippen molar-refractivity contribution in [2.24, 2.45) is 11.7 Å². The summed E-state index contributed by atoms with van der Waals surface area (Å²) in [6.07, 6.45) is 1.72. The van der Waals surface area contributed by atoms with Crippen LogP contribution < -0.4 is 5.73 Å². The summed E-state index contributed by atoms with van der Waals surface area (Å²) in [4.78, 5) is 5.59. The predicted octanol–water partition coefficient (Wildman–Crippen LogP) is 2.77. The highest BCUT2D eigenvalue weighted by Crippen LogP contribution is 2.21. The maximum absolute atomic E-state index is 6.04. The van der Waals surface area contributed by atoms with E-state index in [1.165, 1.54) is 4.88 Å². The van der Waals surface area contributed by atoms with Crippen LogP contribution in [0.25, 0.3) is 0 Å². The van der Waals surface area contributed by atoms with Crippen LogP contribution in [0.15, 0.2) is 22.0 Å². The Hall–Kier alpha value is -1.20. The highest BCUT2D eigenvalue weighted by atomic mass is 32.1. The third kappa shape index (κ3) is 2.92. The van der Waals surface area contributed by atoms with Gasteiger partial charge < -0.3 is 10.3 Å². The van der Waals surface area contributed by atoms with Crippen molar-refractivity contribution in [3.63, 3.8) is 0 Å². The lowest BCUT2D eigenvalue weighted by molar-refractivity contribution is 0.310. The first-order valence-electron chi connectivity index (χ1n) is 5.81. The third-order valence-electron chi connectivity index (χ3n) is 2.94. The maximum Gasteiger partial charge on any atom is 0.243 e. The lowest BCUT2D eigenvalue weighted by Crippen LogP contribution is -2.18. The van der Waals surface area contributed by atoms with Crippen molar-refractivity contribution >= 4 is 11.3 Å². The van der Waals surface area contributed by atoms with Crippen molar-refractivity contribution in [1.29, 1.82) is 0 Å². The Balaban J connectivity index is 2.05. The van der Waals surface area contributed by atoms with Crippen LogP contribution in [0.4, 0.5) is 0 Å². The smallest absolute Gasteiger partial charge is 0.243 e. The summed E-state index contributed by atoms with van der Waals surface area (Å²) in [6, 6.07) is 3.92. The summed E-state index contributed by atoms with van der Waals surface area (Å²) in [5.41, 5.74) is 6.04. The molecule has 0 aliphatic heterocycles. The molecule has 1 unspecified atom stereocenters. The summed E-state index contributed by atoms with van der Waals surface area (Å²) < 4.78 is 5.22. The van der Waals surface area contributed by atoms with Crippen LogP contribution in [0, 0.1) is 5.92 Å². The van der Waals surface area contributed by atoms with E-state index in [0.29, 0.717) is 24.1 Å². The summed E-state index contributed by atoms with van der Waals surface area (Å²) in [7, 11) is 0. The van der Waals surface area contributed by atoms with Gasteiger partial charge >= 0.3 is 0 Å². The molecule has 2 heterocycles. The standard InChI is InChI=1S/C12H17N3OS/c1-3-8(2)11(13)12-14-10(15-16-12)7-9-5-4-6-17-9/h4-6,8,11H,3,7,13H2,1-2H3/t8?,11-/m0/s1. The molecule has 0 aliphatic rings. The highest BCUT2D eigenvalue weighted by Gasteiger charge is 2.20. The number of nitrogens with two attached hydrogens (primary N) is 1. The summed E-state index contributed by atoms with van der Waals surface area (Å²) in [6.45, 7) is 4.20. The molecule has 2 aromatic heterocycles. The number of thiophene rings is 1. The number of nitrogens with zero attached hydrogens (tertiary/aromatic N) is 2. The van der Waals surface area contributed by atoms with Crippen LogP contribution in [0.1, 0.15) is 42.9 Å². The van der Waals surface area contributed by atoms with Crippen LogP contribution >= 0.6 is 11.3 Å². The zero-order valence-electron chi connectivity index (χ0n) is 10.1. The summed E-state index contributed by atoms with van der Waals surface area (Å²) >= 11 is 1.69. The molecule has 0 aromatic carbocycles. The van der Waals surface area contributed by atoms with Gasteiger partial charge in [0.2, 0.25) is 5.89 Å². The fourth-order valence-electron chi connectivity index (χ4n) is 1.54. The molecule has 0 saturated heterocycles. The molecule has 0 amide bonds. The molecule has 0 bridgehead atoms. The first-order chi connectivity index (χ1) is 8.20. The van der Waals surface area contributed by atoms with E-state index in [1.807, 2.05) is 11.4 Å². The SMILES string of the molecule is CCC(C)[C@H](N)c1nc(Cc2cccs2)no1. The van der Waals surface area contributed by atoms with Gasteiger partial charge in [-0.3, -0.25) is 0 Å². The molecule has 92 valence electrons. The first-order valence-corrected chi connectivity index (χ1v) is 6.69. The minimum absolute atomic E-state index is 0.162. The zero-order chi connectivity index (χ0) is 12.3. The molecule has 0 fully saturated rings. The first kappa shape index (κ1) is 12.3. The maximum atomic E-state index is 6.04. The number of rotatable bonds is 5. The molecule has 4 nitrogen and oxygen atoms in total. The second kappa shape index (κ2) is 5.42. The van der Waals surface area contributed by atoms with Crippen molar-refractivity contribution in [2.45, 2.75) is 32.7 Å². The van der Waals surface area contributed by atoms with Gasteiger partial charge in [-0.1, -0.05) is 31.5 Å². The average molecular weight is 251 g/mol. The minimum Gasteiger partial charge on any atom is -0.338 e. The van der Waals surface area contributed by atoms with Crippen molar-refractivity contribution < 1.29 is 4.52 Å². The van der Waals surface area contributed by atoms with Gasteiger partial charge in [-0.05, 0) is 17.4 Å². The van der Waals surface area contributed by atoms with E-state index in [0.717, 1.165) is 6.42 Å². The molecule has 2 atom stereocenters. The molecule has 0 saturated carbocycles. The largest absolute Gasteiger partial charge is 0.338 e. The van der Waals surface area contributed by atoms with Crippen molar-refractivity contribution in [3.8, 4) is 0 Å². The van der Waals surface area contributed by atoms with Gasteiger partial charge in [-0.2, -0.15) is 4.98 Å². The van der Waals surface area contributed by atoms with Crippen LogP contribution in [0.5, 0.6) is 0 Å². The Bertz CT molecular complexity index is 452. The van der Waals surface area contributed by atoms with E-state index < -0.39 is 0 Å². The Morgan fingerprint density at radius 1 is 1.53 bits per heavy atom. The molecular formula is C12H17N3OS. The topological polar surface area (TPSA) is 64.9 Å². The third-order valence-corrected chi connectivity index (χ3v) is 3.81.